The number of nitrogens with zero attached hydrogens (tertiary/aromatic N) is 2. The first-order chi connectivity index (χ1) is 10.7. The van der Waals surface area contributed by atoms with Crippen LogP contribution in [-0.2, 0) is 6.54 Å². The van der Waals surface area contributed by atoms with Crippen LogP contribution in [0.25, 0.3) is 0 Å². The van der Waals surface area contributed by atoms with Crippen molar-refractivity contribution in [2.75, 3.05) is 6.26 Å². The largest absolute Gasteiger partial charge is 0.331 e. The molecule has 114 valence electrons. The summed E-state index contributed by atoms with van der Waals surface area (Å²) in [6, 6.07) is 9.85. The van der Waals surface area contributed by atoms with Gasteiger partial charge in [0.25, 0.3) is 5.91 Å². The number of amides is 1. The topological polar surface area (TPSA) is 33.2 Å². The Balaban J connectivity index is 1.87. The molecule has 22 heavy (non-hydrogen) atoms. The third-order valence-electron chi connectivity index (χ3n) is 3.75. The number of pyridine rings is 1. The molecule has 0 N–H and O–H groups in total. The summed E-state index contributed by atoms with van der Waals surface area (Å²) in [4.78, 5) is 19.9. The van der Waals surface area contributed by atoms with Gasteiger partial charge in [0.05, 0.1) is 10.6 Å². The SMILES string of the molecule is CSc1ccc(Cl)c(C(=O)N(Cc2ccncc2)C2CC2)c1. The molecule has 3 nitrogen and oxygen atoms in total. The fourth-order valence-electron chi connectivity index (χ4n) is 2.39. The van der Waals surface area contributed by atoms with Crippen molar-refractivity contribution in [2.45, 2.75) is 30.3 Å². The highest BCUT2D eigenvalue weighted by molar-refractivity contribution is 7.98. The lowest BCUT2D eigenvalue weighted by Gasteiger charge is -2.23. The maximum absolute atomic E-state index is 12.9. The molecular formula is C17H17ClN2OS. The second-order valence-electron chi connectivity index (χ2n) is 5.37. The van der Waals surface area contributed by atoms with E-state index in [0.717, 1.165) is 23.3 Å². The van der Waals surface area contributed by atoms with E-state index in [0.29, 0.717) is 23.2 Å². The van der Waals surface area contributed by atoms with Crippen LogP contribution in [0.4, 0.5) is 0 Å². The highest BCUT2D eigenvalue weighted by Gasteiger charge is 2.33. The lowest BCUT2D eigenvalue weighted by atomic mass is 10.1. The maximum atomic E-state index is 12.9. The molecule has 1 amide bonds. The zero-order valence-corrected chi connectivity index (χ0v) is 13.9. The van der Waals surface area contributed by atoms with E-state index in [1.54, 1.807) is 30.2 Å². The Hall–Kier alpha value is -1.52. The van der Waals surface area contributed by atoms with Crippen molar-refractivity contribution in [3.63, 3.8) is 0 Å². The van der Waals surface area contributed by atoms with E-state index in [1.807, 2.05) is 35.4 Å². The Kier molecular flexibility index (Phi) is 4.69. The minimum atomic E-state index is 0.0141. The molecule has 1 aromatic carbocycles. The smallest absolute Gasteiger partial charge is 0.255 e. The first kappa shape index (κ1) is 15.4. The van der Waals surface area contributed by atoms with Gasteiger partial charge in [0.15, 0.2) is 0 Å². The van der Waals surface area contributed by atoms with E-state index in [4.69, 9.17) is 11.6 Å². The zero-order chi connectivity index (χ0) is 15.5. The minimum absolute atomic E-state index is 0.0141. The number of carbonyl (C=O) groups is 1. The van der Waals surface area contributed by atoms with E-state index in [2.05, 4.69) is 4.98 Å². The number of halogens is 1. The average Bonchev–Trinajstić information content (AvgIpc) is 3.38. The van der Waals surface area contributed by atoms with Gasteiger partial charge in [-0.3, -0.25) is 9.78 Å². The van der Waals surface area contributed by atoms with Crippen LogP contribution in [0.1, 0.15) is 28.8 Å². The van der Waals surface area contributed by atoms with Gasteiger partial charge in [-0.05, 0) is 55.0 Å². The van der Waals surface area contributed by atoms with Crippen molar-refractivity contribution in [1.82, 2.24) is 9.88 Å². The van der Waals surface area contributed by atoms with Gasteiger partial charge in [-0.2, -0.15) is 0 Å². The molecule has 1 saturated carbocycles. The van der Waals surface area contributed by atoms with Gasteiger partial charge >= 0.3 is 0 Å². The van der Waals surface area contributed by atoms with Crippen molar-refractivity contribution < 1.29 is 4.79 Å². The molecule has 0 spiro atoms. The molecule has 0 bridgehead atoms. The number of aromatic nitrogens is 1. The van der Waals surface area contributed by atoms with E-state index in [-0.39, 0.29) is 5.91 Å². The molecule has 1 aliphatic rings. The van der Waals surface area contributed by atoms with Crippen LogP contribution in [0, 0.1) is 0 Å². The number of thioether (sulfide) groups is 1. The third kappa shape index (κ3) is 3.45. The quantitative estimate of drug-likeness (QED) is 0.767. The van der Waals surface area contributed by atoms with Gasteiger partial charge < -0.3 is 4.90 Å². The molecule has 0 saturated heterocycles. The molecule has 0 unspecified atom stereocenters. The van der Waals surface area contributed by atoms with Crippen molar-refractivity contribution in [3.8, 4) is 0 Å². The molecular weight excluding hydrogens is 316 g/mol. The zero-order valence-electron chi connectivity index (χ0n) is 12.3. The normalized spacial score (nSPS) is 13.9. The molecule has 1 fully saturated rings. The van der Waals surface area contributed by atoms with Crippen LogP contribution >= 0.6 is 23.4 Å². The lowest BCUT2D eigenvalue weighted by Crippen LogP contribution is -2.32. The average molecular weight is 333 g/mol. The van der Waals surface area contributed by atoms with Gasteiger partial charge in [0, 0.05) is 29.9 Å². The Morgan fingerprint density at radius 1 is 1.32 bits per heavy atom. The van der Waals surface area contributed by atoms with Crippen LogP contribution in [0.15, 0.2) is 47.6 Å². The summed E-state index contributed by atoms with van der Waals surface area (Å²) in [5.41, 5.74) is 1.68. The number of hydrogen-bond donors (Lipinski definition) is 0. The maximum Gasteiger partial charge on any atom is 0.255 e. The van der Waals surface area contributed by atoms with E-state index < -0.39 is 0 Å². The van der Waals surface area contributed by atoms with E-state index in [9.17, 15) is 4.79 Å². The van der Waals surface area contributed by atoms with Gasteiger partial charge in [0.1, 0.15) is 0 Å². The summed E-state index contributed by atoms with van der Waals surface area (Å²) in [6.45, 7) is 0.603. The van der Waals surface area contributed by atoms with E-state index in [1.165, 1.54) is 0 Å². The standard InChI is InChI=1S/C17H17ClN2OS/c1-22-14-4-5-16(18)15(10-14)17(21)20(13-2-3-13)11-12-6-8-19-9-7-12/h4-10,13H,2-3,11H2,1H3. The van der Waals surface area contributed by atoms with Crippen LogP contribution < -0.4 is 0 Å². The molecule has 0 aliphatic heterocycles. The van der Waals surface area contributed by atoms with Gasteiger partial charge in [-0.15, -0.1) is 11.8 Å². The molecule has 1 aromatic heterocycles. The Labute approximate surface area is 139 Å². The van der Waals surface area contributed by atoms with E-state index >= 15 is 0 Å². The first-order valence-electron chi connectivity index (χ1n) is 7.22. The van der Waals surface area contributed by atoms with Gasteiger partial charge in [0.2, 0.25) is 0 Å². The Bertz CT molecular complexity index is 674. The summed E-state index contributed by atoms with van der Waals surface area (Å²) >= 11 is 7.86. The highest BCUT2D eigenvalue weighted by Crippen LogP contribution is 2.32. The monoisotopic (exact) mass is 332 g/mol. The van der Waals surface area contributed by atoms with Gasteiger partial charge in [-0.1, -0.05) is 11.6 Å². The fourth-order valence-corrected chi connectivity index (χ4v) is 3.03. The van der Waals surface area contributed by atoms with Crippen LogP contribution in [0.5, 0.6) is 0 Å². The highest BCUT2D eigenvalue weighted by atomic mass is 35.5. The van der Waals surface area contributed by atoms with Crippen molar-refractivity contribution >= 4 is 29.3 Å². The van der Waals surface area contributed by atoms with Crippen LogP contribution in [0.2, 0.25) is 5.02 Å². The summed E-state index contributed by atoms with van der Waals surface area (Å²) in [5, 5.41) is 0.517. The summed E-state index contributed by atoms with van der Waals surface area (Å²) < 4.78 is 0. The second-order valence-corrected chi connectivity index (χ2v) is 6.65. The fraction of sp³-hybridized carbons (Fsp3) is 0.294. The second kappa shape index (κ2) is 6.71. The summed E-state index contributed by atoms with van der Waals surface area (Å²) in [5.74, 6) is 0.0141. The lowest BCUT2D eigenvalue weighted by molar-refractivity contribution is 0.0730. The van der Waals surface area contributed by atoms with Crippen molar-refractivity contribution in [3.05, 3.63) is 58.9 Å². The van der Waals surface area contributed by atoms with Crippen LogP contribution in [0.3, 0.4) is 0 Å². The summed E-state index contributed by atoms with van der Waals surface area (Å²) in [7, 11) is 0. The molecule has 3 rings (SSSR count). The number of benzene rings is 1. The number of rotatable bonds is 5. The van der Waals surface area contributed by atoms with Gasteiger partial charge in [-0.25, -0.2) is 0 Å². The Morgan fingerprint density at radius 3 is 2.68 bits per heavy atom. The Morgan fingerprint density at radius 2 is 2.05 bits per heavy atom. The molecule has 1 aliphatic carbocycles. The predicted octanol–water partition coefficient (Wildman–Crippen LogP) is 4.26. The molecule has 1 heterocycles. The van der Waals surface area contributed by atoms with Crippen molar-refractivity contribution in [1.29, 1.82) is 0 Å². The molecule has 0 atom stereocenters. The first-order valence-corrected chi connectivity index (χ1v) is 8.82. The number of carbonyl (C=O) groups excluding carboxylic acids is 1. The summed E-state index contributed by atoms with van der Waals surface area (Å²) in [6.07, 6.45) is 7.64. The number of hydrogen-bond acceptors (Lipinski definition) is 3. The molecule has 0 radical (unpaired) electrons. The molecule has 2 aromatic rings. The predicted molar refractivity (Wildman–Crippen MR) is 90.4 cm³/mol. The minimum Gasteiger partial charge on any atom is -0.331 e. The molecule has 5 heteroatoms. The van der Waals surface area contributed by atoms with Crippen LogP contribution in [-0.4, -0.2) is 28.1 Å². The third-order valence-corrected chi connectivity index (χ3v) is 4.81. The van der Waals surface area contributed by atoms with Crippen molar-refractivity contribution in [2.24, 2.45) is 0 Å².